The lowest BCUT2D eigenvalue weighted by Crippen LogP contribution is -2.51. The summed E-state index contributed by atoms with van der Waals surface area (Å²) in [6.45, 7) is 8.27. The molecule has 0 saturated carbocycles. The summed E-state index contributed by atoms with van der Waals surface area (Å²) < 4.78 is 0. The first kappa shape index (κ1) is 12.3. The molecule has 0 aromatic rings. The van der Waals surface area contributed by atoms with Crippen molar-refractivity contribution in [1.29, 1.82) is 0 Å². The average molecular weight is 213 g/mol. The largest absolute Gasteiger partial charge is 0.338 e. The maximum atomic E-state index is 5.72. The Kier molecular flexibility index (Phi) is 3.57. The summed E-state index contributed by atoms with van der Waals surface area (Å²) in [6.07, 6.45) is -0.0366. The highest BCUT2D eigenvalue weighted by atomic mass is 15.7. The molecule has 0 spiro atoms. The maximum Gasteiger partial charge on any atom is 0.209 e. The lowest BCUT2D eigenvalue weighted by Gasteiger charge is -2.34. The summed E-state index contributed by atoms with van der Waals surface area (Å²) in [7, 11) is 4.05. The molecule has 0 aromatic heterocycles. The maximum absolute atomic E-state index is 5.72. The fourth-order valence-corrected chi connectivity index (χ4v) is 1.59. The van der Waals surface area contributed by atoms with Gasteiger partial charge in [-0.3, -0.25) is 5.01 Å². The first-order valence-electron chi connectivity index (χ1n) is 5.31. The van der Waals surface area contributed by atoms with Gasteiger partial charge in [-0.15, -0.1) is 0 Å². The topological polar surface area (TPSA) is 56.9 Å². The zero-order chi connectivity index (χ0) is 11.6. The van der Waals surface area contributed by atoms with Crippen molar-refractivity contribution in [1.82, 2.24) is 15.3 Å². The standard InChI is InChI=1S/C10H23N5/c1-10(2,3)7-14(4)15(5)9-12-6-8(11)13-9/h8H,6-7,11H2,1-5H3,(H,12,13). The normalized spacial score (nSPS) is 21.5. The Morgan fingerprint density at radius 2 is 2.07 bits per heavy atom. The van der Waals surface area contributed by atoms with Gasteiger partial charge < -0.3 is 11.1 Å². The molecule has 0 fully saturated rings. The highest BCUT2D eigenvalue weighted by Crippen LogP contribution is 2.15. The van der Waals surface area contributed by atoms with Crippen LogP contribution < -0.4 is 11.1 Å². The highest BCUT2D eigenvalue weighted by molar-refractivity contribution is 5.81. The molecule has 1 unspecified atom stereocenters. The van der Waals surface area contributed by atoms with Crippen LogP contribution in [0.4, 0.5) is 0 Å². The van der Waals surface area contributed by atoms with Gasteiger partial charge in [-0.2, -0.15) is 0 Å². The van der Waals surface area contributed by atoms with Gasteiger partial charge in [0.25, 0.3) is 0 Å². The van der Waals surface area contributed by atoms with E-state index in [4.69, 9.17) is 5.73 Å². The number of nitrogens with zero attached hydrogens (tertiary/aromatic N) is 3. The summed E-state index contributed by atoms with van der Waals surface area (Å²) in [6, 6.07) is 0. The summed E-state index contributed by atoms with van der Waals surface area (Å²) >= 11 is 0. The van der Waals surface area contributed by atoms with Crippen LogP contribution in [0, 0.1) is 5.41 Å². The lowest BCUT2D eigenvalue weighted by molar-refractivity contribution is 0.0613. The van der Waals surface area contributed by atoms with Crippen LogP contribution in [0.3, 0.4) is 0 Å². The van der Waals surface area contributed by atoms with Gasteiger partial charge in [0.1, 0.15) is 0 Å². The van der Waals surface area contributed by atoms with Gasteiger partial charge in [0, 0.05) is 20.6 Å². The number of hydrazine groups is 1. The van der Waals surface area contributed by atoms with Crippen molar-refractivity contribution >= 4 is 5.96 Å². The number of aliphatic imine (C=N–C) groups is 1. The van der Waals surface area contributed by atoms with E-state index in [1.165, 1.54) is 0 Å². The highest BCUT2D eigenvalue weighted by Gasteiger charge is 2.22. The average Bonchev–Trinajstić information content (AvgIpc) is 2.47. The molecule has 3 N–H and O–H groups in total. The van der Waals surface area contributed by atoms with Crippen molar-refractivity contribution in [3.8, 4) is 0 Å². The number of nitrogens with one attached hydrogen (secondary N) is 1. The fourth-order valence-electron chi connectivity index (χ4n) is 1.59. The van der Waals surface area contributed by atoms with E-state index in [-0.39, 0.29) is 11.6 Å². The minimum atomic E-state index is -0.0366. The first-order valence-corrected chi connectivity index (χ1v) is 5.31. The molecule has 0 radical (unpaired) electrons. The van der Waals surface area contributed by atoms with Gasteiger partial charge in [0.2, 0.25) is 5.96 Å². The van der Waals surface area contributed by atoms with Crippen molar-refractivity contribution in [2.75, 3.05) is 27.2 Å². The van der Waals surface area contributed by atoms with E-state index in [1.54, 1.807) is 0 Å². The second kappa shape index (κ2) is 4.37. The van der Waals surface area contributed by atoms with Crippen molar-refractivity contribution in [3.63, 3.8) is 0 Å². The smallest absolute Gasteiger partial charge is 0.209 e. The van der Waals surface area contributed by atoms with Gasteiger partial charge in [0.05, 0.1) is 12.7 Å². The van der Waals surface area contributed by atoms with Gasteiger partial charge in [-0.05, 0) is 5.41 Å². The molecule has 1 aliphatic heterocycles. The van der Waals surface area contributed by atoms with E-state index in [0.717, 1.165) is 12.5 Å². The molecule has 5 nitrogen and oxygen atoms in total. The second-order valence-electron chi connectivity index (χ2n) is 5.32. The quantitative estimate of drug-likeness (QED) is 0.637. The van der Waals surface area contributed by atoms with Crippen molar-refractivity contribution in [2.24, 2.45) is 16.1 Å². The van der Waals surface area contributed by atoms with E-state index in [1.807, 2.05) is 12.1 Å². The Morgan fingerprint density at radius 3 is 2.47 bits per heavy atom. The van der Waals surface area contributed by atoms with E-state index >= 15 is 0 Å². The third kappa shape index (κ3) is 3.68. The van der Waals surface area contributed by atoms with E-state index in [9.17, 15) is 0 Å². The van der Waals surface area contributed by atoms with Gasteiger partial charge in [-0.25, -0.2) is 10.0 Å². The number of rotatable bonds is 2. The molecule has 0 saturated heterocycles. The summed E-state index contributed by atoms with van der Waals surface area (Å²) in [5, 5.41) is 7.29. The molecule has 1 aliphatic rings. The van der Waals surface area contributed by atoms with Crippen LogP contribution in [0.25, 0.3) is 0 Å². The zero-order valence-corrected chi connectivity index (χ0v) is 10.4. The number of nitrogens with two attached hydrogens (primary N) is 1. The molecule has 5 heteroatoms. The first-order chi connectivity index (χ1) is 6.79. The van der Waals surface area contributed by atoms with Crippen LogP contribution in [0.15, 0.2) is 4.99 Å². The minimum Gasteiger partial charge on any atom is -0.338 e. The molecule has 0 amide bonds. The van der Waals surface area contributed by atoms with Crippen LogP contribution in [0.1, 0.15) is 20.8 Å². The molecule has 1 heterocycles. The Morgan fingerprint density at radius 1 is 1.47 bits per heavy atom. The predicted octanol–water partition coefficient (Wildman–Crippen LogP) is 0.0551. The Labute approximate surface area is 92.3 Å². The molecular weight excluding hydrogens is 190 g/mol. The third-order valence-corrected chi connectivity index (χ3v) is 2.27. The van der Waals surface area contributed by atoms with Crippen molar-refractivity contribution in [2.45, 2.75) is 26.9 Å². The molecule has 0 bridgehead atoms. The summed E-state index contributed by atoms with van der Waals surface area (Å²) in [4.78, 5) is 4.33. The van der Waals surface area contributed by atoms with Crippen LogP contribution in [0.2, 0.25) is 0 Å². The molecule has 1 rings (SSSR count). The third-order valence-electron chi connectivity index (χ3n) is 2.27. The van der Waals surface area contributed by atoms with Crippen molar-refractivity contribution in [3.05, 3.63) is 0 Å². The van der Waals surface area contributed by atoms with Crippen molar-refractivity contribution < 1.29 is 0 Å². The fraction of sp³-hybridized carbons (Fsp3) is 0.900. The second-order valence-corrected chi connectivity index (χ2v) is 5.32. The lowest BCUT2D eigenvalue weighted by atomic mass is 9.97. The van der Waals surface area contributed by atoms with Gasteiger partial charge in [0.15, 0.2) is 0 Å². The Hall–Kier alpha value is -0.810. The predicted molar refractivity (Wildman–Crippen MR) is 63.3 cm³/mol. The summed E-state index contributed by atoms with van der Waals surface area (Å²) in [5.74, 6) is 0.856. The summed E-state index contributed by atoms with van der Waals surface area (Å²) in [5.41, 5.74) is 5.99. The molecule has 0 aliphatic carbocycles. The Bertz CT molecular complexity index is 243. The van der Waals surface area contributed by atoms with Gasteiger partial charge in [-0.1, -0.05) is 20.8 Å². The molecule has 15 heavy (non-hydrogen) atoms. The van der Waals surface area contributed by atoms with E-state index in [2.05, 4.69) is 43.1 Å². The SMILES string of the molecule is CN(CC(C)(C)C)N(C)C1=NCC(N)N1. The Balaban J connectivity index is 2.50. The molecule has 0 aromatic carbocycles. The number of guanidine groups is 1. The van der Waals surface area contributed by atoms with Crippen LogP contribution in [0.5, 0.6) is 0 Å². The van der Waals surface area contributed by atoms with Crippen LogP contribution in [-0.4, -0.2) is 49.3 Å². The zero-order valence-electron chi connectivity index (χ0n) is 10.4. The minimum absolute atomic E-state index is 0.0366. The van der Waals surface area contributed by atoms with Crippen LogP contribution in [-0.2, 0) is 0 Å². The number of hydrogen-bond acceptors (Lipinski definition) is 5. The molecule has 88 valence electrons. The van der Waals surface area contributed by atoms with Gasteiger partial charge >= 0.3 is 0 Å². The van der Waals surface area contributed by atoms with E-state index < -0.39 is 0 Å². The number of hydrogen-bond donors (Lipinski definition) is 2. The molecular formula is C10H23N5. The molecule has 1 atom stereocenters. The monoisotopic (exact) mass is 213 g/mol. The van der Waals surface area contributed by atoms with E-state index in [0.29, 0.717) is 6.54 Å². The van der Waals surface area contributed by atoms with Crippen LogP contribution >= 0.6 is 0 Å².